The fraction of sp³-hybridized carbons (Fsp3) is 0.100. The van der Waals surface area contributed by atoms with Crippen molar-refractivity contribution in [1.29, 1.82) is 0 Å². The highest BCUT2D eigenvalue weighted by molar-refractivity contribution is 5.92. The van der Waals surface area contributed by atoms with Gasteiger partial charge >= 0.3 is 6.61 Å². The van der Waals surface area contributed by atoms with Crippen LogP contribution in [0.5, 0.6) is 5.75 Å². The summed E-state index contributed by atoms with van der Waals surface area (Å²) in [4.78, 5) is 10.3. The van der Waals surface area contributed by atoms with E-state index in [0.717, 1.165) is 0 Å². The Morgan fingerprint density at radius 3 is 2.40 bits per heavy atom. The first-order valence-electron chi connectivity index (χ1n) is 3.94. The number of halogens is 2. The molecule has 0 saturated heterocycles. The topological polar surface area (TPSA) is 52.3 Å². The summed E-state index contributed by atoms with van der Waals surface area (Å²) in [6.07, 6.45) is 0. The molecule has 1 rings (SSSR count). The molecule has 3 nitrogen and oxygen atoms in total. The lowest BCUT2D eigenvalue weighted by Crippen LogP contribution is -2.06. The van der Waals surface area contributed by atoms with Gasteiger partial charge in [0.2, 0.25) is 0 Å². The quantitative estimate of drug-likeness (QED) is 0.745. The first-order valence-corrected chi connectivity index (χ1v) is 3.94. The highest BCUT2D eigenvalue weighted by atomic mass is 19.3. The molecule has 0 saturated carbocycles. The second kappa shape index (κ2) is 4.96. The van der Waals surface area contributed by atoms with E-state index in [-0.39, 0.29) is 5.75 Å². The molecule has 0 radical (unpaired) electrons. The van der Waals surface area contributed by atoms with Gasteiger partial charge in [-0.1, -0.05) is 5.92 Å². The first-order chi connectivity index (χ1) is 7.08. The van der Waals surface area contributed by atoms with Crippen LogP contribution in [0.3, 0.4) is 0 Å². The minimum absolute atomic E-state index is 0.0367. The Balaban J connectivity index is 2.74. The normalized spacial score (nSPS) is 9.27. The molecule has 0 aromatic heterocycles. The van der Waals surface area contributed by atoms with E-state index in [1.807, 2.05) is 0 Å². The SMILES string of the molecule is NC(=O)C#Cc1ccc(OC(F)F)cc1. The standard InChI is InChI=1S/C10H7F2NO2/c11-10(12)15-8-4-1-7(2-5-8)3-6-9(13)14/h1-2,4-5,10H,(H2,13,14). The van der Waals surface area contributed by atoms with Crippen LogP contribution in [0.4, 0.5) is 8.78 Å². The Hall–Kier alpha value is -2.09. The van der Waals surface area contributed by atoms with Gasteiger partial charge in [0, 0.05) is 5.56 Å². The Morgan fingerprint density at radius 2 is 1.93 bits per heavy atom. The number of hydrogen-bond donors (Lipinski definition) is 1. The molecule has 78 valence electrons. The number of amides is 1. The van der Waals surface area contributed by atoms with Crippen molar-refractivity contribution in [3.63, 3.8) is 0 Å². The summed E-state index contributed by atoms with van der Waals surface area (Å²) in [6, 6.07) is 5.57. The second-order valence-corrected chi connectivity index (χ2v) is 2.52. The smallest absolute Gasteiger partial charge is 0.387 e. The van der Waals surface area contributed by atoms with Crippen LogP contribution < -0.4 is 10.5 Å². The predicted octanol–water partition coefficient (Wildman–Crippen LogP) is 1.12. The summed E-state index contributed by atoms with van der Waals surface area (Å²) in [5.74, 6) is 3.87. The van der Waals surface area contributed by atoms with E-state index in [1.54, 1.807) is 0 Å². The predicted molar refractivity (Wildman–Crippen MR) is 49.1 cm³/mol. The van der Waals surface area contributed by atoms with Crippen LogP contribution in [0.25, 0.3) is 0 Å². The fourth-order valence-corrected chi connectivity index (χ4v) is 0.853. The molecule has 0 unspecified atom stereocenters. The lowest BCUT2D eigenvalue weighted by molar-refractivity contribution is -0.112. The molecule has 1 aromatic rings. The van der Waals surface area contributed by atoms with E-state index in [2.05, 4.69) is 16.6 Å². The summed E-state index contributed by atoms with van der Waals surface area (Å²) < 4.78 is 27.6. The molecule has 0 heterocycles. The van der Waals surface area contributed by atoms with Crippen LogP contribution in [0.1, 0.15) is 5.56 Å². The summed E-state index contributed by atoms with van der Waals surface area (Å²) in [6.45, 7) is -2.85. The van der Waals surface area contributed by atoms with E-state index in [0.29, 0.717) is 5.56 Å². The van der Waals surface area contributed by atoms with Crippen molar-refractivity contribution in [2.75, 3.05) is 0 Å². The summed E-state index contributed by atoms with van der Waals surface area (Å²) >= 11 is 0. The number of carbonyl (C=O) groups excluding carboxylic acids is 1. The van der Waals surface area contributed by atoms with E-state index in [9.17, 15) is 13.6 Å². The van der Waals surface area contributed by atoms with Gasteiger partial charge in [0.1, 0.15) is 5.75 Å². The number of alkyl halides is 2. The maximum absolute atomic E-state index is 11.8. The van der Waals surface area contributed by atoms with Crippen molar-refractivity contribution < 1.29 is 18.3 Å². The zero-order chi connectivity index (χ0) is 11.3. The van der Waals surface area contributed by atoms with Crippen LogP contribution in [0.15, 0.2) is 24.3 Å². The number of carbonyl (C=O) groups is 1. The molecular weight excluding hydrogens is 204 g/mol. The van der Waals surface area contributed by atoms with Crippen molar-refractivity contribution >= 4 is 5.91 Å². The molecule has 2 N–H and O–H groups in total. The molecule has 5 heteroatoms. The van der Waals surface area contributed by atoms with Crippen molar-refractivity contribution in [3.05, 3.63) is 29.8 Å². The van der Waals surface area contributed by atoms with Gasteiger partial charge in [0.05, 0.1) is 0 Å². The maximum atomic E-state index is 11.8. The highest BCUT2D eigenvalue weighted by Crippen LogP contribution is 2.14. The molecular formula is C10H7F2NO2. The molecule has 0 aliphatic carbocycles. The number of rotatable bonds is 2. The molecule has 1 amide bonds. The minimum Gasteiger partial charge on any atom is -0.435 e. The molecule has 0 spiro atoms. The molecule has 0 atom stereocenters. The summed E-state index contributed by atoms with van der Waals surface area (Å²) in [5, 5.41) is 0. The third-order valence-electron chi connectivity index (χ3n) is 1.41. The van der Waals surface area contributed by atoms with Gasteiger partial charge in [0.25, 0.3) is 5.91 Å². The highest BCUT2D eigenvalue weighted by Gasteiger charge is 2.02. The van der Waals surface area contributed by atoms with Crippen LogP contribution in [-0.2, 0) is 4.79 Å². The Bertz CT molecular complexity index is 404. The second-order valence-electron chi connectivity index (χ2n) is 2.52. The molecule has 0 bridgehead atoms. The monoisotopic (exact) mass is 211 g/mol. The number of benzene rings is 1. The molecule has 0 fully saturated rings. The van der Waals surface area contributed by atoms with Crippen molar-refractivity contribution in [2.45, 2.75) is 6.61 Å². The van der Waals surface area contributed by atoms with Gasteiger partial charge in [-0.25, -0.2) is 0 Å². The number of primary amides is 1. The van der Waals surface area contributed by atoms with Gasteiger partial charge in [-0.2, -0.15) is 8.78 Å². The average molecular weight is 211 g/mol. The van der Waals surface area contributed by atoms with E-state index in [1.165, 1.54) is 24.3 Å². The van der Waals surface area contributed by atoms with E-state index in [4.69, 9.17) is 5.73 Å². The zero-order valence-corrected chi connectivity index (χ0v) is 7.54. The van der Waals surface area contributed by atoms with Gasteiger partial charge in [-0.15, -0.1) is 0 Å². The van der Waals surface area contributed by atoms with E-state index >= 15 is 0 Å². The lowest BCUT2D eigenvalue weighted by Gasteiger charge is -2.02. The van der Waals surface area contributed by atoms with Crippen LogP contribution in [0, 0.1) is 11.8 Å². The van der Waals surface area contributed by atoms with Gasteiger partial charge < -0.3 is 10.5 Å². The van der Waals surface area contributed by atoms with Crippen molar-refractivity contribution in [2.24, 2.45) is 5.73 Å². The average Bonchev–Trinajstić information content (AvgIpc) is 2.16. The third-order valence-corrected chi connectivity index (χ3v) is 1.41. The number of hydrogen-bond acceptors (Lipinski definition) is 2. The number of ether oxygens (including phenoxy) is 1. The van der Waals surface area contributed by atoms with Crippen LogP contribution >= 0.6 is 0 Å². The summed E-state index contributed by atoms with van der Waals surface area (Å²) in [7, 11) is 0. The van der Waals surface area contributed by atoms with Gasteiger partial charge in [-0.3, -0.25) is 4.79 Å². The first kappa shape index (κ1) is 11.0. The molecule has 15 heavy (non-hydrogen) atoms. The number of nitrogens with two attached hydrogens (primary N) is 1. The molecule has 0 aliphatic rings. The van der Waals surface area contributed by atoms with Gasteiger partial charge in [-0.05, 0) is 30.2 Å². The third kappa shape index (κ3) is 4.09. The zero-order valence-electron chi connectivity index (χ0n) is 7.54. The fourth-order valence-electron chi connectivity index (χ4n) is 0.853. The Labute approximate surface area is 84.8 Å². The van der Waals surface area contributed by atoms with Gasteiger partial charge in [0.15, 0.2) is 0 Å². The van der Waals surface area contributed by atoms with Crippen molar-refractivity contribution in [1.82, 2.24) is 0 Å². The Morgan fingerprint density at radius 1 is 1.33 bits per heavy atom. The van der Waals surface area contributed by atoms with E-state index < -0.39 is 12.5 Å². The van der Waals surface area contributed by atoms with Crippen molar-refractivity contribution in [3.8, 4) is 17.6 Å². The lowest BCUT2D eigenvalue weighted by atomic mass is 10.2. The maximum Gasteiger partial charge on any atom is 0.387 e. The molecule has 1 aromatic carbocycles. The van der Waals surface area contributed by atoms with Crippen LogP contribution in [0.2, 0.25) is 0 Å². The largest absolute Gasteiger partial charge is 0.435 e. The Kier molecular flexibility index (Phi) is 3.63. The molecule has 0 aliphatic heterocycles. The summed E-state index contributed by atoms with van der Waals surface area (Å²) in [5.41, 5.74) is 5.30. The minimum atomic E-state index is -2.85. The van der Waals surface area contributed by atoms with Crippen LogP contribution in [-0.4, -0.2) is 12.5 Å².